The Morgan fingerprint density at radius 2 is 1.71 bits per heavy atom. The largest absolute Gasteiger partial charge is 0.488 e. The molecule has 0 atom stereocenters. The number of anilines is 1. The number of aromatic nitrogens is 3. The fraction of sp³-hybridized carbons (Fsp3) is 0.0400. The van der Waals surface area contributed by atoms with E-state index in [1.165, 1.54) is 0 Å². The Bertz CT molecular complexity index is 1350. The van der Waals surface area contributed by atoms with Crippen LogP contribution in [0.15, 0.2) is 85.2 Å². The van der Waals surface area contributed by atoms with Gasteiger partial charge in [0.25, 0.3) is 0 Å². The number of fused-ring (bicyclic) bond motifs is 1. The first kappa shape index (κ1) is 19.6. The number of hydrogen-bond donors (Lipinski definition) is 2. The summed E-state index contributed by atoms with van der Waals surface area (Å²) in [6.07, 6.45) is 3.59. The zero-order valence-electron chi connectivity index (χ0n) is 16.5. The van der Waals surface area contributed by atoms with E-state index in [1.807, 2.05) is 48.5 Å². The van der Waals surface area contributed by atoms with Crippen molar-refractivity contribution in [1.82, 2.24) is 15.0 Å². The molecular formula is C25H19IN4O. The maximum absolute atomic E-state index is 6.26. The van der Waals surface area contributed by atoms with Crippen LogP contribution in [0.4, 0.5) is 5.82 Å². The summed E-state index contributed by atoms with van der Waals surface area (Å²) in [4.78, 5) is 12.2. The highest BCUT2D eigenvalue weighted by atomic mass is 127. The highest BCUT2D eigenvalue weighted by Crippen LogP contribution is 2.42. The smallest absolute Gasteiger partial charge is 0.144 e. The van der Waals surface area contributed by atoms with Crippen molar-refractivity contribution < 1.29 is 4.74 Å². The molecule has 0 saturated heterocycles. The summed E-state index contributed by atoms with van der Waals surface area (Å²) < 4.78 is 7.42. The molecular weight excluding hydrogens is 499 g/mol. The lowest BCUT2D eigenvalue weighted by molar-refractivity contribution is 0.310. The molecule has 0 fully saturated rings. The number of pyridine rings is 2. The molecule has 5 nitrogen and oxygen atoms in total. The Kier molecular flexibility index (Phi) is 5.30. The van der Waals surface area contributed by atoms with Gasteiger partial charge in [0.2, 0.25) is 0 Å². The fourth-order valence-corrected chi connectivity index (χ4v) is 4.24. The van der Waals surface area contributed by atoms with E-state index in [2.05, 4.69) is 55.7 Å². The summed E-state index contributed by atoms with van der Waals surface area (Å²) in [5.74, 6) is 1.11. The first-order chi connectivity index (χ1) is 15.2. The lowest BCUT2D eigenvalue weighted by atomic mass is 9.99. The molecule has 0 unspecified atom stereocenters. The van der Waals surface area contributed by atoms with E-state index in [1.54, 1.807) is 18.5 Å². The van der Waals surface area contributed by atoms with Crippen LogP contribution in [0.25, 0.3) is 33.4 Å². The lowest BCUT2D eigenvalue weighted by Gasteiger charge is -2.11. The molecule has 2 aromatic carbocycles. The first-order valence-electron chi connectivity index (χ1n) is 9.84. The van der Waals surface area contributed by atoms with Crippen LogP contribution in [0, 0.1) is 3.57 Å². The molecule has 0 aliphatic heterocycles. The van der Waals surface area contributed by atoms with Crippen molar-refractivity contribution in [3.63, 3.8) is 0 Å². The molecule has 152 valence electrons. The number of nitrogens with one attached hydrogen (secondary N) is 1. The zero-order valence-corrected chi connectivity index (χ0v) is 18.7. The minimum atomic E-state index is 0.410. The summed E-state index contributed by atoms with van der Waals surface area (Å²) in [7, 11) is 0. The van der Waals surface area contributed by atoms with Crippen molar-refractivity contribution in [2.45, 2.75) is 6.61 Å². The van der Waals surface area contributed by atoms with E-state index < -0.39 is 0 Å². The van der Waals surface area contributed by atoms with Crippen LogP contribution in [0.3, 0.4) is 0 Å². The Labute approximate surface area is 193 Å². The molecule has 0 spiro atoms. The third-order valence-corrected chi connectivity index (χ3v) is 5.74. The number of ether oxygens (including phenoxy) is 1. The van der Waals surface area contributed by atoms with Gasteiger partial charge in [-0.1, -0.05) is 42.5 Å². The van der Waals surface area contributed by atoms with Crippen LogP contribution in [0.2, 0.25) is 0 Å². The van der Waals surface area contributed by atoms with E-state index in [-0.39, 0.29) is 0 Å². The van der Waals surface area contributed by atoms with Gasteiger partial charge >= 0.3 is 0 Å². The molecule has 5 aromatic rings. The summed E-state index contributed by atoms with van der Waals surface area (Å²) in [6, 6.07) is 24.2. The minimum absolute atomic E-state index is 0.410. The van der Waals surface area contributed by atoms with Gasteiger partial charge in [-0.25, -0.2) is 4.98 Å². The minimum Gasteiger partial charge on any atom is -0.488 e. The predicted molar refractivity (Wildman–Crippen MR) is 133 cm³/mol. The zero-order chi connectivity index (χ0) is 21.2. The monoisotopic (exact) mass is 518 g/mol. The van der Waals surface area contributed by atoms with Gasteiger partial charge in [0, 0.05) is 27.6 Å². The van der Waals surface area contributed by atoms with Gasteiger partial charge in [-0.3, -0.25) is 4.98 Å². The molecule has 3 aromatic heterocycles. The maximum Gasteiger partial charge on any atom is 0.144 e. The highest BCUT2D eigenvalue weighted by Gasteiger charge is 2.20. The highest BCUT2D eigenvalue weighted by molar-refractivity contribution is 14.1. The number of benzene rings is 2. The molecule has 0 radical (unpaired) electrons. The number of nitrogen functional groups attached to an aromatic ring is 1. The number of hydrogen-bond acceptors (Lipinski definition) is 4. The second kappa shape index (κ2) is 8.39. The fourth-order valence-electron chi connectivity index (χ4n) is 3.70. The van der Waals surface area contributed by atoms with Crippen LogP contribution in [-0.4, -0.2) is 15.0 Å². The maximum atomic E-state index is 6.26. The normalized spacial score (nSPS) is 11.0. The Morgan fingerprint density at radius 3 is 2.48 bits per heavy atom. The lowest BCUT2D eigenvalue weighted by Crippen LogP contribution is -1.98. The Morgan fingerprint density at radius 1 is 0.903 bits per heavy atom. The second-order valence-electron chi connectivity index (χ2n) is 7.16. The summed E-state index contributed by atoms with van der Waals surface area (Å²) in [5, 5.41) is 0.908. The summed E-state index contributed by atoms with van der Waals surface area (Å²) in [5.41, 5.74) is 12.0. The predicted octanol–water partition coefficient (Wildman–Crippen LogP) is 6.06. The molecule has 0 saturated carbocycles. The van der Waals surface area contributed by atoms with Crippen molar-refractivity contribution in [1.29, 1.82) is 0 Å². The van der Waals surface area contributed by atoms with E-state index in [0.29, 0.717) is 23.8 Å². The first-order valence-corrected chi connectivity index (χ1v) is 10.9. The molecule has 3 heterocycles. The van der Waals surface area contributed by atoms with Gasteiger partial charge in [0.05, 0.1) is 11.1 Å². The average molecular weight is 518 g/mol. The third-order valence-electron chi connectivity index (χ3n) is 5.07. The number of rotatable bonds is 5. The Hall–Kier alpha value is -3.39. The molecule has 31 heavy (non-hydrogen) atoms. The van der Waals surface area contributed by atoms with Crippen molar-refractivity contribution in [3.05, 3.63) is 94.3 Å². The summed E-state index contributed by atoms with van der Waals surface area (Å²) in [6.45, 7) is 0.443. The van der Waals surface area contributed by atoms with Crippen LogP contribution in [-0.2, 0) is 6.61 Å². The average Bonchev–Trinajstić information content (AvgIpc) is 3.18. The number of H-pyrrole nitrogens is 1. The van der Waals surface area contributed by atoms with Crippen LogP contribution in [0.1, 0.15) is 5.56 Å². The standard InChI is InChI=1S/C25H19IN4O/c26-19-8-4-7-18(13-19)24-22(17-9-11-28-12-10-17)23-20(14-21(27)29-25(23)30-24)31-15-16-5-2-1-3-6-16/h1-14H,15H2,(H3,27,29,30). The van der Waals surface area contributed by atoms with Crippen molar-refractivity contribution in [2.24, 2.45) is 0 Å². The molecule has 3 N–H and O–H groups in total. The van der Waals surface area contributed by atoms with E-state index in [0.717, 1.165) is 36.9 Å². The second-order valence-corrected chi connectivity index (χ2v) is 8.41. The Balaban J connectivity index is 1.73. The molecule has 0 bridgehead atoms. The van der Waals surface area contributed by atoms with Gasteiger partial charge < -0.3 is 15.5 Å². The number of nitrogens with two attached hydrogens (primary N) is 1. The number of nitrogens with zero attached hydrogens (tertiary/aromatic N) is 2. The quantitative estimate of drug-likeness (QED) is 0.278. The van der Waals surface area contributed by atoms with Gasteiger partial charge in [0.1, 0.15) is 23.8 Å². The topological polar surface area (TPSA) is 76.8 Å². The molecule has 5 rings (SSSR count). The van der Waals surface area contributed by atoms with Gasteiger partial charge in [0.15, 0.2) is 0 Å². The van der Waals surface area contributed by atoms with Gasteiger partial charge in [-0.05, 0) is 63.5 Å². The summed E-state index contributed by atoms with van der Waals surface area (Å²) >= 11 is 2.32. The van der Waals surface area contributed by atoms with Gasteiger partial charge in [-0.15, -0.1) is 0 Å². The third kappa shape index (κ3) is 3.98. The van der Waals surface area contributed by atoms with Crippen molar-refractivity contribution in [3.8, 4) is 28.1 Å². The van der Waals surface area contributed by atoms with E-state index >= 15 is 0 Å². The van der Waals surface area contributed by atoms with Crippen LogP contribution < -0.4 is 10.5 Å². The molecule has 0 aliphatic rings. The molecule has 6 heteroatoms. The number of aromatic amines is 1. The van der Waals surface area contributed by atoms with Crippen molar-refractivity contribution in [2.75, 3.05) is 5.73 Å². The van der Waals surface area contributed by atoms with Gasteiger partial charge in [-0.2, -0.15) is 0 Å². The van der Waals surface area contributed by atoms with Crippen LogP contribution in [0.5, 0.6) is 5.75 Å². The van der Waals surface area contributed by atoms with Crippen molar-refractivity contribution >= 4 is 39.4 Å². The SMILES string of the molecule is Nc1cc(OCc2ccccc2)c2c(-c3ccncc3)c(-c3cccc(I)c3)[nH]c2n1. The van der Waals surface area contributed by atoms with E-state index in [4.69, 9.17) is 10.5 Å². The van der Waals surface area contributed by atoms with E-state index in [9.17, 15) is 0 Å². The molecule has 0 aliphatic carbocycles. The number of halogens is 1. The molecule has 0 amide bonds. The van der Waals surface area contributed by atoms with Crippen LogP contribution >= 0.6 is 22.6 Å².